The Morgan fingerprint density at radius 2 is 1.61 bits per heavy atom. The minimum Gasteiger partial charge on any atom is -0.488 e. The van der Waals surface area contributed by atoms with E-state index in [-0.39, 0.29) is 119 Å². The van der Waals surface area contributed by atoms with Gasteiger partial charge in [0, 0.05) is 90.9 Å². The molecule has 0 spiro atoms. The average molecular weight is 1060 g/mol. The number of likely N-dealkylation sites (tertiary alicyclic amines) is 1. The van der Waals surface area contributed by atoms with Crippen molar-refractivity contribution in [3.05, 3.63) is 105 Å². The Morgan fingerprint density at radius 1 is 0.907 bits per heavy atom. The number of rotatable bonds is 13. The number of amides is 5. The van der Waals surface area contributed by atoms with Crippen LogP contribution in [0.3, 0.4) is 0 Å². The maximum atomic E-state index is 16.5. The molecule has 75 heavy (non-hydrogen) atoms. The quantitative estimate of drug-likeness (QED) is 0.0846. The monoisotopic (exact) mass is 1050 g/mol. The molecule has 4 saturated heterocycles. The van der Waals surface area contributed by atoms with Gasteiger partial charge >= 0.3 is 6.03 Å². The molecule has 5 N–H and O–H groups in total. The number of ether oxygens (including phenoxy) is 2. The molecule has 15 nitrogen and oxygen atoms in total. The molecule has 20 heteroatoms. The Labute approximate surface area is 435 Å². The van der Waals surface area contributed by atoms with Gasteiger partial charge in [0.1, 0.15) is 29.5 Å². The molecule has 2 aliphatic carbocycles. The summed E-state index contributed by atoms with van der Waals surface area (Å²) in [6, 6.07) is 14.3. The first-order valence-corrected chi connectivity index (χ1v) is 26.3. The first kappa shape index (κ1) is 50.9. The standard InChI is InChI=1S/C55H59ClF4N8O7/c1-28-43-41(26-39(58)47(56)46(43)45-36(51(61)71)12-13-40(48(45)59)74-21-20-69)75-55(28,31-6-4-3-5-7-31)27-62-32-10-8-30(9-11-32)53(72)68-34-22-33(23-35(68)24-34)66-17-14-29(15-18-66)44-38(57)25-37-50(49(44)60)65(2)64-52(37)67-19-16-42(70)63-54(67)73/h3-7,12-13,25-26,28-30,32-35,62,69H,8-11,14-24,27H2,1-2H3,(H2,61,71)(H,63,70,73)/t28-,30?,32?,33?,34?,35?,55-/m0/s1. The van der Waals surface area contributed by atoms with Gasteiger partial charge in [0.15, 0.2) is 28.8 Å². The molecule has 4 atom stereocenters. The number of anilines is 1. The molecular weight excluding hydrogens is 996 g/mol. The lowest BCUT2D eigenvalue weighted by molar-refractivity contribution is -0.159. The van der Waals surface area contributed by atoms with Crippen LogP contribution in [0, 0.1) is 29.2 Å². The van der Waals surface area contributed by atoms with Crippen LogP contribution in [0.15, 0.2) is 54.6 Å². The Hall–Kier alpha value is -6.28. The number of nitrogens with two attached hydrogens (primary N) is 1. The highest BCUT2D eigenvalue weighted by Crippen LogP contribution is 2.57. The third-order valence-corrected chi connectivity index (χ3v) is 17.5. The van der Waals surface area contributed by atoms with E-state index in [1.807, 2.05) is 37.3 Å². The molecule has 2 bridgehead atoms. The van der Waals surface area contributed by atoms with Crippen LogP contribution in [0.5, 0.6) is 11.5 Å². The fourth-order valence-corrected chi connectivity index (χ4v) is 13.5. The van der Waals surface area contributed by atoms with Gasteiger partial charge in [0.25, 0.3) is 0 Å². The van der Waals surface area contributed by atoms with Gasteiger partial charge in [-0.25, -0.2) is 22.4 Å². The van der Waals surface area contributed by atoms with Crippen molar-refractivity contribution in [2.24, 2.45) is 18.7 Å². The van der Waals surface area contributed by atoms with Crippen molar-refractivity contribution in [1.29, 1.82) is 0 Å². The Morgan fingerprint density at radius 3 is 2.29 bits per heavy atom. The fraction of sp³-hybridized carbons (Fsp3) is 0.473. The van der Waals surface area contributed by atoms with Gasteiger partial charge in [-0.1, -0.05) is 48.9 Å². The lowest BCUT2D eigenvalue weighted by atomic mass is 9.73. The summed E-state index contributed by atoms with van der Waals surface area (Å²) in [6.07, 6.45) is 6.72. The Balaban J connectivity index is 0.723. The van der Waals surface area contributed by atoms with Gasteiger partial charge < -0.3 is 35.4 Å². The van der Waals surface area contributed by atoms with E-state index >= 15 is 17.6 Å². The second kappa shape index (κ2) is 20.0. The zero-order valence-electron chi connectivity index (χ0n) is 41.7. The number of fused-ring (bicyclic) bond motifs is 4. The van der Waals surface area contributed by atoms with Crippen molar-refractivity contribution in [3.63, 3.8) is 0 Å². The van der Waals surface area contributed by atoms with Gasteiger partial charge in [-0.15, -0.1) is 0 Å². The molecule has 2 saturated carbocycles. The van der Waals surface area contributed by atoms with Crippen LogP contribution in [0.2, 0.25) is 5.02 Å². The number of imide groups is 1. The number of aryl methyl sites for hydroxylation is 1. The first-order valence-electron chi connectivity index (χ1n) is 26.0. The summed E-state index contributed by atoms with van der Waals surface area (Å²) in [7, 11) is 1.56. The van der Waals surface area contributed by atoms with Crippen LogP contribution in [0.1, 0.15) is 110 Å². The molecule has 6 fully saturated rings. The number of hydrogen-bond donors (Lipinski definition) is 4. The number of carbonyl (C=O) groups is 4. The number of hydrogen-bond acceptors (Lipinski definition) is 10. The van der Waals surface area contributed by atoms with E-state index in [0.29, 0.717) is 44.3 Å². The zero-order chi connectivity index (χ0) is 52.6. The van der Waals surface area contributed by atoms with E-state index in [1.54, 1.807) is 7.05 Å². The van der Waals surface area contributed by atoms with Crippen LogP contribution >= 0.6 is 11.6 Å². The molecular formula is C55H59ClF4N8O7. The van der Waals surface area contributed by atoms with Gasteiger partial charge in [-0.05, 0) is 101 Å². The fourth-order valence-electron chi connectivity index (χ4n) is 13.3. The largest absolute Gasteiger partial charge is 0.488 e. The number of halogens is 5. The van der Waals surface area contributed by atoms with E-state index < -0.39 is 64.3 Å². The van der Waals surface area contributed by atoms with Crippen molar-refractivity contribution in [3.8, 4) is 22.6 Å². The van der Waals surface area contributed by atoms with Gasteiger partial charge in [0.2, 0.25) is 17.7 Å². The van der Waals surface area contributed by atoms with Crippen LogP contribution in [-0.4, -0.2) is 112 Å². The summed E-state index contributed by atoms with van der Waals surface area (Å²) in [6.45, 7) is 2.94. The SMILES string of the molecule is C[C@H]1c2c(cc(F)c(Cl)c2-c2c(C(N)=O)ccc(OCCO)c2F)O[C@]1(CNC1CCC(C(=O)N2C3CC(N4CCC(c5c(F)cc6c(N7CCC(=O)NC7=O)nn(C)c6c5F)CC4)CC2C3)CC1)c1ccccc1. The van der Waals surface area contributed by atoms with Gasteiger partial charge in [-0.2, -0.15) is 5.10 Å². The van der Waals surface area contributed by atoms with Crippen molar-refractivity contribution >= 4 is 52.1 Å². The van der Waals surface area contributed by atoms with Crippen LogP contribution in [0.25, 0.3) is 22.0 Å². The van der Waals surface area contributed by atoms with Gasteiger partial charge in [0.05, 0.1) is 22.6 Å². The smallest absolute Gasteiger partial charge is 0.329 e. The van der Waals surface area contributed by atoms with Crippen molar-refractivity contribution in [1.82, 2.24) is 30.2 Å². The average Bonchev–Trinajstić information content (AvgIpc) is 3.90. The van der Waals surface area contributed by atoms with Crippen molar-refractivity contribution < 1.29 is 51.3 Å². The van der Waals surface area contributed by atoms with E-state index in [2.05, 4.69) is 25.5 Å². The molecule has 0 radical (unpaired) electrons. The van der Waals surface area contributed by atoms with E-state index in [1.165, 1.54) is 33.8 Å². The Bertz CT molecular complexity index is 3100. The molecule has 4 aromatic carbocycles. The highest BCUT2D eigenvalue weighted by molar-refractivity contribution is 6.34. The molecule has 2 unspecified atom stereocenters. The second-order valence-corrected chi connectivity index (χ2v) is 21.5. The van der Waals surface area contributed by atoms with Crippen LogP contribution in [-0.2, 0) is 22.2 Å². The number of nitrogens with zero attached hydrogens (tertiary/aromatic N) is 5. The molecule has 5 aliphatic heterocycles. The zero-order valence-corrected chi connectivity index (χ0v) is 42.4. The summed E-state index contributed by atoms with van der Waals surface area (Å²) >= 11 is 6.73. The summed E-state index contributed by atoms with van der Waals surface area (Å²) in [5.74, 6) is -5.47. The van der Waals surface area contributed by atoms with Crippen LogP contribution in [0.4, 0.5) is 28.2 Å². The maximum Gasteiger partial charge on any atom is 0.329 e. The number of primary amides is 1. The third kappa shape index (κ3) is 8.76. The highest BCUT2D eigenvalue weighted by Gasteiger charge is 2.53. The topological polar surface area (TPSA) is 185 Å². The second-order valence-electron chi connectivity index (χ2n) is 21.1. The molecule has 396 valence electrons. The number of carbonyl (C=O) groups excluding carboxylic acids is 4. The van der Waals surface area contributed by atoms with E-state index in [0.717, 1.165) is 37.7 Å². The molecule has 5 amide bonds. The van der Waals surface area contributed by atoms with Crippen molar-refractivity contribution in [2.45, 2.75) is 113 Å². The minimum absolute atomic E-state index is 0.0257. The molecule has 12 rings (SSSR count). The number of benzene rings is 4. The maximum absolute atomic E-state index is 16.5. The van der Waals surface area contributed by atoms with Crippen molar-refractivity contribution in [2.75, 3.05) is 44.3 Å². The lowest BCUT2D eigenvalue weighted by Crippen LogP contribution is -2.67. The summed E-state index contributed by atoms with van der Waals surface area (Å²) in [5.41, 5.74) is 5.31. The normalized spacial score (nSPS) is 26.0. The third-order valence-electron chi connectivity index (χ3n) is 17.1. The lowest BCUT2D eigenvalue weighted by Gasteiger charge is -2.58. The minimum atomic E-state index is -1.14. The molecule has 1 aromatic heterocycles. The number of urea groups is 1. The first-order chi connectivity index (χ1) is 36.1. The Kier molecular flexibility index (Phi) is 13.6. The molecule has 7 aliphatic rings. The number of aromatic nitrogens is 2. The predicted molar refractivity (Wildman–Crippen MR) is 271 cm³/mol. The molecule has 5 aromatic rings. The summed E-state index contributed by atoms with van der Waals surface area (Å²) in [4.78, 5) is 57.2. The number of nitrogens with one attached hydrogen (secondary N) is 2. The molecule has 6 heterocycles. The number of aliphatic hydroxyl groups excluding tert-OH is 1. The predicted octanol–water partition coefficient (Wildman–Crippen LogP) is 7.92. The van der Waals surface area contributed by atoms with E-state index in [4.69, 9.17) is 26.8 Å². The van der Waals surface area contributed by atoms with Crippen LogP contribution < -0.4 is 30.7 Å². The van der Waals surface area contributed by atoms with Gasteiger partial charge in [-0.3, -0.25) is 29.3 Å². The number of aliphatic hydroxyl groups is 1. The summed E-state index contributed by atoms with van der Waals surface area (Å²) in [5, 5.41) is 19.5. The summed E-state index contributed by atoms with van der Waals surface area (Å²) < 4.78 is 78.3. The van der Waals surface area contributed by atoms with E-state index in [9.17, 15) is 24.3 Å². The number of piperidine rings is 2. The highest BCUT2D eigenvalue weighted by atomic mass is 35.5.